The lowest BCUT2D eigenvalue weighted by atomic mass is 10.1. The van der Waals surface area contributed by atoms with E-state index < -0.39 is 0 Å². The van der Waals surface area contributed by atoms with Gasteiger partial charge in [-0.25, -0.2) is 0 Å². The molecule has 0 radical (unpaired) electrons. The molecule has 138 valence electrons. The van der Waals surface area contributed by atoms with E-state index >= 15 is 0 Å². The van der Waals surface area contributed by atoms with Gasteiger partial charge in [-0.15, -0.1) is 12.4 Å². The molecule has 6 heteroatoms. The van der Waals surface area contributed by atoms with E-state index in [4.69, 9.17) is 14.2 Å². The topological polar surface area (TPSA) is 39.7 Å². The van der Waals surface area contributed by atoms with Crippen molar-refractivity contribution in [1.29, 1.82) is 0 Å². The minimum Gasteiger partial charge on any atom is -0.493 e. The van der Waals surface area contributed by atoms with E-state index in [1.807, 2.05) is 38.1 Å². The molecule has 0 aliphatic carbocycles. The first-order chi connectivity index (χ1) is 11.5. The largest absolute Gasteiger partial charge is 0.493 e. The van der Waals surface area contributed by atoms with Crippen LogP contribution in [0.3, 0.4) is 0 Å². The van der Waals surface area contributed by atoms with E-state index in [1.54, 1.807) is 14.2 Å². The van der Waals surface area contributed by atoms with Crippen LogP contribution in [0, 0.1) is 0 Å². The Morgan fingerprint density at radius 2 is 1.56 bits per heavy atom. The van der Waals surface area contributed by atoms with E-state index in [-0.39, 0.29) is 18.5 Å². The van der Waals surface area contributed by atoms with Crippen molar-refractivity contribution in [2.75, 3.05) is 14.2 Å². The number of methoxy groups -OCH3 is 2. The highest BCUT2D eigenvalue weighted by molar-refractivity contribution is 9.10. The molecule has 0 heterocycles. The zero-order valence-electron chi connectivity index (χ0n) is 15.0. The molecule has 2 aromatic carbocycles. The summed E-state index contributed by atoms with van der Waals surface area (Å²) in [5.41, 5.74) is 2.33. The van der Waals surface area contributed by atoms with Crippen molar-refractivity contribution in [3.05, 3.63) is 52.0 Å². The van der Waals surface area contributed by atoms with Gasteiger partial charge in [0.1, 0.15) is 5.75 Å². The highest BCUT2D eigenvalue weighted by Gasteiger charge is 2.09. The van der Waals surface area contributed by atoms with E-state index in [0.717, 1.165) is 34.6 Å². The zero-order valence-corrected chi connectivity index (χ0v) is 17.4. The Balaban J connectivity index is 0.00000312. The van der Waals surface area contributed by atoms with Crippen molar-refractivity contribution in [3.8, 4) is 17.2 Å². The number of halogens is 2. The average Bonchev–Trinajstić information content (AvgIpc) is 2.57. The van der Waals surface area contributed by atoms with Gasteiger partial charge in [0, 0.05) is 17.6 Å². The molecule has 0 amide bonds. The molecule has 0 unspecified atom stereocenters. The lowest BCUT2D eigenvalue weighted by Crippen LogP contribution is -2.13. The van der Waals surface area contributed by atoms with Crippen LogP contribution < -0.4 is 19.5 Å². The molecule has 0 bridgehead atoms. The van der Waals surface area contributed by atoms with Gasteiger partial charge >= 0.3 is 0 Å². The predicted molar refractivity (Wildman–Crippen MR) is 107 cm³/mol. The summed E-state index contributed by atoms with van der Waals surface area (Å²) in [6.45, 7) is 5.56. The minimum atomic E-state index is 0. The van der Waals surface area contributed by atoms with E-state index in [0.29, 0.717) is 5.75 Å². The number of hydrogen-bond donors (Lipinski definition) is 1. The summed E-state index contributed by atoms with van der Waals surface area (Å²) in [6, 6.07) is 12.1. The van der Waals surface area contributed by atoms with Gasteiger partial charge < -0.3 is 19.5 Å². The first kappa shape index (κ1) is 21.6. The Bertz CT molecular complexity index is 662. The molecule has 0 fully saturated rings. The Labute approximate surface area is 164 Å². The van der Waals surface area contributed by atoms with Crippen LogP contribution >= 0.6 is 28.3 Å². The van der Waals surface area contributed by atoms with Gasteiger partial charge in [0.15, 0.2) is 11.5 Å². The molecule has 0 aliphatic rings. The number of benzene rings is 2. The summed E-state index contributed by atoms with van der Waals surface area (Å²) >= 11 is 3.58. The molecule has 0 aromatic heterocycles. The second-order valence-corrected chi connectivity index (χ2v) is 6.57. The first-order valence-corrected chi connectivity index (χ1v) is 8.69. The molecule has 0 atom stereocenters. The van der Waals surface area contributed by atoms with Crippen molar-refractivity contribution in [2.45, 2.75) is 33.0 Å². The minimum absolute atomic E-state index is 0. The van der Waals surface area contributed by atoms with Crippen molar-refractivity contribution < 1.29 is 14.2 Å². The number of rotatable bonds is 8. The molecular weight excluding hydrogens is 406 g/mol. The Hall–Kier alpha value is -1.43. The number of hydrogen-bond acceptors (Lipinski definition) is 4. The van der Waals surface area contributed by atoms with Gasteiger partial charge in [-0.3, -0.25) is 0 Å². The fraction of sp³-hybridized carbons (Fsp3) is 0.368. The Morgan fingerprint density at radius 3 is 2.12 bits per heavy atom. The predicted octanol–water partition coefficient (Wildman–Crippen LogP) is 4.97. The lowest BCUT2D eigenvalue weighted by Gasteiger charge is -2.13. The fourth-order valence-corrected chi connectivity index (χ4v) is 2.79. The number of ether oxygens (including phenoxy) is 3. The van der Waals surface area contributed by atoms with Gasteiger partial charge in [0.05, 0.1) is 20.3 Å². The third-order valence-electron chi connectivity index (χ3n) is 3.49. The zero-order chi connectivity index (χ0) is 17.5. The van der Waals surface area contributed by atoms with Gasteiger partial charge in [0.25, 0.3) is 0 Å². The summed E-state index contributed by atoms with van der Waals surface area (Å²) in [5.74, 6) is 2.35. The molecule has 0 aliphatic heterocycles. The molecule has 4 nitrogen and oxygen atoms in total. The van der Waals surface area contributed by atoms with Gasteiger partial charge in [0.2, 0.25) is 0 Å². The van der Waals surface area contributed by atoms with Crippen LogP contribution in [0.1, 0.15) is 25.0 Å². The van der Waals surface area contributed by atoms with E-state index in [2.05, 4.69) is 33.4 Å². The summed E-state index contributed by atoms with van der Waals surface area (Å²) in [7, 11) is 3.28. The van der Waals surface area contributed by atoms with Gasteiger partial charge in [-0.1, -0.05) is 28.1 Å². The monoisotopic (exact) mass is 429 g/mol. The molecule has 1 N–H and O–H groups in total. The maximum Gasteiger partial charge on any atom is 0.161 e. The maximum absolute atomic E-state index is 5.65. The maximum atomic E-state index is 5.65. The SMILES string of the molecule is COc1cc(Br)c(CNCc2ccc(OC(C)C)cc2)cc1OC.Cl. The van der Waals surface area contributed by atoms with Crippen LogP contribution in [0.4, 0.5) is 0 Å². The summed E-state index contributed by atoms with van der Waals surface area (Å²) < 4.78 is 17.3. The molecule has 25 heavy (non-hydrogen) atoms. The standard InChI is InChI=1S/C19H24BrNO3.ClH/c1-13(2)24-16-7-5-14(6-8-16)11-21-12-15-9-18(22-3)19(23-4)10-17(15)20;/h5-10,13,21H,11-12H2,1-4H3;1H. The summed E-state index contributed by atoms with van der Waals surface area (Å²) in [6.07, 6.45) is 0.191. The molecule has 2 aromatic rings. The van der Waals surface area contributed by atoms with Crippen LogP contribution in [0.25, 0.3) is 0 Å². The van der Waals surface area contributed by atoms with E-state index in [9.17, 15) is 0 Å². The van der Waals surface area contributed by atoms with Crippen LogP contribution in [0.15, 0.2) is 40.9 Å². The Kier molecular flexibility index (Phi) is 9.11. The second kappa shape index (κ2) is 10.5. The molecule has 2 rings (SSSR count). The van der Waals surface area contributed by atoms with Crippen LogP contribution in [0.2, 0.25) is 0 Å². The molecular formula is C19H25BrClNO3. The van der Waals surface area contributed by atoms with E-state index in [1.165, 1.54) is 5.56 Å². The van der Waals surface area contributed by atoms with Crippen molar-refractivity contribution in [2.24, 2.45) is 0 Å². The second-order valence-electron chi connectivity index (χ2n) is 5.71. The average molecular weight is 431 g/mol. The summed E-state index contributed by atoms with van der Waals surface area (Å²) in [4.78, 5) is 0. The third kappa shape index (κ3) is 6.42. The molecule has 0 saturated heterocycles. The van der Waals surface area contributed by atoms with Gasteiger partial charge in [-0.2, -0.15) is 0 Å². The fourth-order valence-electron chi connectivity index (χ4n) is 2.33. The van der Waals surface area contributed by atoms with Gasteiger partial charge in [-0.05, 0) is 49.2 Å². The van der Waals surface area contributed by atoms with Crippen LogP contribution in [0.5, 0.6) is 17.2 Å². The van der Waals surface area contributed by atoms with Crippen molar-refractivity contribution in [3.63, 3.8) is 0 Å². The molecule has 0 saturated carbocycles. The third-order valence-corrected chi connectivity index (χ3v) is 4.23. The lowest BCUT2D eigenvalue weighted by molar-refractivity contribution is 0.242. The van der Waals surface area contributed by atoms with Crippen LogP contribution in [-0.2, 0) is 13.1 Å². The highest BCUT2D eigenvalue weighted by Crippen LogP contribution is 2.33. The first-order valence-electron chi connectivity index (χ1n) is 7.90. The quantitative estimate of drug-likeness (QED) is 0.642. The van der Waals surface area contributed by atoms with Crippen molar-refractivity contribution in [1.82, 2.24) is 5.32 Å². The smallest absolute Gasteiger partial charge is 0.161 e. The normalized spacial score (nSPS) is 10.3. The summed E-state index contributed by atoms with van der Waals surface area (Å²) in [5, 5.41) is 3.44. The Morgan fingerprint density at radius 1 is 0.960 bits per heavy atom. The van der Waals surface area contributed by atoms with Crippen LogP contribution in [-0.4, -0.2) is 20.3 Å². The molecule has 0 spiro atoms. The van der Waals surface area contributed by atoms with Crippen molar-refractivity contribution >= 4 is 28.3 Å². The highest BCUT2D eigenvalue weighted by atomic mass is 79.9. The number of nitrogens with one attached hydrogen (secondary N) is 1.